The molecule has 0 bridgehead atoms. The van der Waals surface area contributed by atoms with Gasteiger partial charge in [-0.25, -0.2) is 8.42 Å². The van der Waals surface area contributed by atoms with E-state index in [1.54, 1.807) is 0 Å². The monoisotopic (exact) mass is 291 g/mol. The standard InChI is InChI=1S/C12H21NO3S2/c1-9(2)10(17)8-12(6-4-5-7-12)11(14)13-18(3,15)16/h9H,4-8H2,1-3H3,(H,13,14). The molecule has 0 saturated heterocycles. The van der Waals surface area contributed by atoms with Gasteiger partial charge in [0.15, 0.2) is 0 Å². The van der Waals surface area contributed by atoms with Crippen LogP contribution in [-0.2, 0) is 14.8 Å². The second-order valence-corrected chi connectivity index (χ2v) is 7.76. The first-order valence-electron chi connectivity index (χ1n) is 6.21. The van der Waals surface area contributed by atoms with Gasteiger partial charge in [0.2, 0.25) is 15.9 Å². The molecule has 0 aromatic heterocycles. The topological polar surface area (TPSA) is 63.2 Å². The molecule has 1 aliphatic rings. The lowest BCUT2D eigenvalue weighted by Gasteiger charge is -2.28. The third-order valence-corrected chi connectivity index (χ3v) is 4.65. The van der Waals surface area contributed by atoms with E-state index in [0.29, 0.717) is 6.42 Å². The van der Waals surface area contributed by atoms with Crippen molar-refractivity contribution >= 4 is 33.0 Å². The van der Waals surface area contributed by atoms with Gasteiger partial charge >= 0.3 is 0 Å². The Balaban J connectivity index is 2.87. The molecule has 4 nitrogen and oxygen atoms in total. The van der Waals surface area contributed by atoms with Crippen LogP contribution in [0.5, 0.6) is 0 Å². The lowest BCUT2D eigenvalue weighted by atomic mass is 9.79. The molecule has 0 spiro atoms. The fourth-order valence-corrected chi connectivity index (χ4v) is 3.18. The molecule has 6 heteroatoms. The molecule has 0 radical (unpaired) electrons. The summed E-state index contributed by atoms with van der Waals surface area (Å²) >= 11 is 5.32. The average Bonchev–Trinajstić information content (AvgIpc) is 2.64. The number of nitrogens with one attached hydrogen (secondary N) is 1. The first kappa shape index (κ1) is 15.6. The Labute approximate surface area is 115 Å². The van der Waals surface area contributed by atoms with E-state index >= 15 is 0 Å². The highest BCUT2D eigenvalue weighted by atomic mass is 32.2. The van der Waals surface area contributed by atoms with Gasteiger partial charge in [-0.2, -0.15) is 0 Å². The van der Waals surface area contributed by atoms with E-state index < -0.39 is 15.4 Å². The van der Waals surface area contributed by atoms with E-state index in [4.69, 9.17) is 12.2 Å². The van der Waals surface area contributed by atoms with Crippen LogP contribution in [0.4, 0.5) is 0 Å². The van der Waals surface area contributed by atoms with Gasteiger partial charge in [-0.3, -0.25) is 9.52 Å². The summed E-state index contributed by atoms with van der Waals surface area (Å²) in [5.74, 6) is -0.144. The van der Waals surface area contributed by atoms with Gasteiger partial charge in [0.05, 0.1) is 11.7 Å². The molecular formula is C12H21NO3S2. The molecule has 0 aliphatic heterocycles. The molecule has 0 aromatic rings. The second-order valence-electron chi connectivity index (χ2n) is 5.49. The van der Waals surface area contributed by atoms with Crippen LogP contribution < -0.4 is 4.72 Å². The van der Waals surface area contributed by atoms with Crippen LogP contribution in [-0.4, -0.2) is 25.4 Å². The molecule has 1 fully saturated rings. The number of carbonyl (C=O) groups is 1. The molecular weight excluding hydrogens is 270 g/mol. The molecule has 1 N–H and O–H groups in total. The largest absolute Gasteiger partial charge is 0.273 e. The lowest BCUT2D eigenvalue weighted by Crippen LogP contribution is -2.43. The normalized spacial score (nSPS) is 18.9. The number of hydrogen-bond acceptors (Lipinski definition) is 4. The third-order valence-electron chi connectivity index (χ3n) is 3.48. The molecule has 104 valence electrons. The maximum atomic E-state index is 12.2. The number of sulfonamides is 1. The number of carbonyl (C=O) groups excluding carboxylic acids is 1. The zero-order chi connectivity index (χ0) is 14.0. The van der Waals surface area contributed by atoms with Crippen molar-refractivity contribution in [2.45, 2.75) is 46.0 Å². The summed E-state index contributed by atoms with van der Waals surface area (Å²) in [4.78, 5) is 13.0. The summed E-state index contributed by atoms with van der Waals surface area (Å²) in [7, 11) is -3.50. The summed E-state index contributed by atoms with van der Waals surface area (Å²) in [6.45, 7) is 4.00. The van der Waals surface area contributed by atoms with Crippen molar-refractivity contribution in [3.8, 4) is 0 Å². The molecule has 0 aromatic carbocycles. The van der Waals surface area contributed by atoms with Crippen molar-refractivity contribution in [1.29, 1.82) is 0 Å². The maximum absolute atomic E-state index is 12.2. The predicted molar refractivity (Wildman–Crippen MR) is 75.9 cm³/mol. The van der Waals surface area contributed by atoms with Crippen LogP contribution in [0.25, 0.3) is 0 Å². The smallest absolute Gasteiger partial charge is 0.239 e. The number of hydrogen-bond donors (Lipinski definition) is 1. The fraction of sp³-hybridized carbons (Fsp3) is 0.833. The molecule has 1 saturated carbocycles. The van der Waals surface area contributed by atoms with Crippen LogP contribution >= 0.6 is 12.2 Å². The highest BCUT2D eigenvalue weighted by molar-refractivity contribution is 7.89. The zero-order valence-electron chi connectivity index (χ0n) is 11.2. The molecule has 0 heterocycles. The summed E-state index contributed by atoms with van der Waals surface area (Å²) in [5.41, 5.74) is -0.607. The van der Waals surface area contributed by atoms with E-state index in [2.05, 4.69) is 4.72 Å². The second kappa shape index (κ2) is 5.65. The highest BCUT2D eigenvalue weighted by Crippen LogP contribution is 2.42. The van der Waals surface area contributed by atoms with Crippen LogP contribution in [0.2, 0.25) is 0 Å². The molecule has 1 amide bonds. The molecule has 1 rings (SSSR count). The van der Waals surface area contributed by atoms with E-state index in [1.165, 1.54) is 0 Å². The zero-order valence-corrected chi connectivity index (χ0v) is 12.8. The molecule has 1 aliphatic carbocycles. The van der Waals surface area contributed by atoms with Gasteiger partial charge in [-0.1, -0.05) is 38.9 Å². The van der Waals surface area contributed by atoms with Gasteiger partial charge in [0.1, 0.15) is 0 Å². The highest BCUT2D eigenvalue weighted by Gasteiger charge is 2.42. The SMILES string of the molecule is CC(C)C(=S)CC1(C(=O)NS(C)(=O)=O)CCCC1. The lowest BCUT2D eigenvalue weighted by molar-refractivity contribution is -0.128. The Kier molecular flexibility index (Phi) is 4.89. The van der Waals surface area contributed by atoms with Crippen LogP contribution in [0, 0.1) is 11.3 Å². The van der Waals surface area contributed by atoms with Crippen molar-refractivity contribution in [1.82, 2.24) is 4.72 Å². The first-order valence-corrected chi connectivity index (χ1v) is 8.51. The van der Waals surface area contributed by atoms with Crippen LogP contribution in [0.15, 0.2) is 0 Å². The molecule has 0 atom stereocenters. The quantitative estimate of drug-likeness (QED) is 0.787. The summed E-state index contributed by atoms with van der Waals surface area (Å²) in [5, 5.41) is 0. The Morgan fingerprint density at radius 1 is 1.33 bits per heavy atom. The van der Waals surface area contributed by atoms with Crippen molar-refractivity contribution in [2.24, 2.45) is 11.3 Å². The van der Waals surface area contributed by atoms with E-state index in [9.17, 15) is 13.2 Å². The van der Waals surface area contributed by atoms with E-state index in [-0.39, 0.29) is 11.8 Å². The Hall–Kier alpha value is -0.490. The van der Waals surface area contributed by atoms with Gasteiger partial charge in [-0.05, 0) is 30.0 Å². The van der Waals surface area contributed by atoms with Crippen molar-refractivity contribution in [2.75, 3.05) is 6.26 Å². The minimum absolute atomic E-state index is 0.239. The maximum Gasteiger partial charge on any atom is 0.239 e. The Morgan fingerprint density at radius 3 is 2.22 bits per heavy atom. The van der Waals surface area contributed by atoms with Crippen molar-refractivity contribution in [3.05, 3.63) is 0 Å². The fourth-order valence-electron chi connectivity index (χ4n) is 2.35. The predicted octanol–water partition coefficient (Wildman–Crippen LogP) is 2.04. The Bertz CT molecular complexity index is 434. The molecule has 0 unspecified atom stereocenters. The third kappa shape index (κ3) is 4.02. The summed E-state index contributed by atoms with van der Waals surface area (Å²) < 4.78 is 24.5. The van der Waals surface area contributed by atoms with E-state index in [0.717, 1.165) is 36.8 Å². The summed E-state index contributed by atoms with van der Waals surface area (Å²) in [6.07, 6.45) is 4.88. The first-order chi connectivity index (χ1) is 8.16. The minimum atomic E-state index is -3.50. The van der Waals surface area contributed by atoms with Gasteiger partial charge in [0.25, 0.3) is 0 Å². The molecule has 18 heavy (non-hydrogen) atoms. The number of amides is 1. The minimum Gasteiger partial charge on any atom is -0.273 e. The van der Waals surface area contributed by atoms with Crippen molar-refractivity contribution in [3.63, 3.8) is 0 Å². The van der Waals surface area contributed by atoms with Gasteiger partial charge < -0.3 is 0 Å². The summed E-state index contributed by atoms with van der Waals surface area (Å²) in [6, 6.07) is 0. The van der Waals surface area contributed by atoms with Gasteiger partial charge in [-0.15, -0.1) is 0 Å². The van der Waals surface area contributed by atoms with Gasteiger partial charge in [0, 0.05) is 0 Å². The number of rotatable bonds is 5. The number of thiocarbonyl (C=S) groups is 1. The van der Waals surface area contributed by atoms with Crippen molar-refractivity contribution < 1.29 is 13.2 Å². The average molecular weight is 291 g/mol. The Morgan fingerprint density at radius 2 is 1.83 bits per heavy atom. The van der Waals surface area contributed by atoms with E-state index in [1.807, 2.05) is 13.8 Å². The van der Waals surface area contributed by atoms with Crippen LogP contribution in [0.1, 0.15) is 46.0 Å². The van der Waals surface area contributed by atoms with Crippen LogP contribution in [0.3, 0.4) is 0 Å².